The van der Waals surface area contributed by atoms with E-state index in [-0.39, 0.29) is 5.56 Å². The summed E-state index contributed by atoms with van der Waals surface area (Å²) in [6, 6.07) is 4.99. The van der Waals surface area contributed by atoms with Crippen LogP contribution in [0.2, 0.25) is 0 Å². The van der Waals surface area contributed by atoms with Crippen molar-refractivity contribution in [3.05, 3.63) is 40.4 Å². The van der Waals surface area contributed by atoms with Gasteiger partial charge in [0.05, 0.1) is 0 Å². The predicted octanol–water partition coefficient (Wildman–Crippen LogP) is 1.21. The lowest BCUT2D eigenvalue weighted by molar-refractivity contribution is 0.905. The van der Waals surface area contributed by atoms with Crippen LogP contribution in [-0.2, 0) is 0 Å². The molecule has 0 amide bonds. The molecule has 82 valence electrons. The van der Waals surface area contributed by atoms with Crippen molar-refractivity contribution >= 4 is 17.6 Å². The second kappa shape index (κ2) is 4.36. The molecule has 0 radical (unpaired) electrons. The van der Waals surface area contributed by atoms with Crippen molar-refractivity contribution in [1.29, 1.82) is 0 Å². The third-order valence-corrected chi connectivity index (χ3v) is 2.69. The summed E-state index contributed by atoms with van der Waals surface area (Å²) in [5.41, 5.74) is 6.09. The van der Waals surface area contributed by atoms with Gasteiger partial charge in [-0.3, -0.25) is 4.79 Å². The van der Waals surface area contributed by atoms with E-state index in [1.807, 2.05) is 6.07 Å². The molecule has 2 aromatic rings. The molecule has 0 unspecified atom stereocenters. The van der Waals surface area contributed by atoms with Crippen LogP contribution in [0.4, 0.5) is 5.82 Å². The Labute approximate surface area is 96.1 Å². The van der Waals surface area contributed by atoms with Gasteiger partial charge in [0.2, 0.25) is 0 Å². The number of pyridine rings is 1. The topological polar surface area (TPSA) is 84.7 Å². The summed E-state index contributed by atoms with van der Waals surface area (Å²) in [5.74, 6) is 0.444. The molecule has 3 N–H and O–H groups in total. The number of nitrogen functional groups attached to an aromatic ring is 1. The molecule has 2 aromatic heterocycles. The Hall–Kier alpha value is -1.82. The predicted molar refractivity (Wildman–Crippen MR) is 62.4 cm³/mol. The third kappa shape index (κ3) is 2.60. The number of nitrogens with zero attached hydrogens (tertiary/aromatic N) is 2. The quantitative estimate of drug-likeness (QED) is 0.763. The fraction of sp³-hybridized carbons (Fsp3) is 0.100. The van der Waals surface area contributed by atoms with Crippen LogP contribution in [-0.4, -0.2) is 15.0 Å². The SMILES string of the molecule is Cc1cc(=O)[nH]c(Sc2ccnc(N)c2)n1. The Kier molecular flexibility index (Phi) is 2.91. The molecule has 0 aliphatic carbocycles. The minimum atomic E-state index is -0.156. The van der Waals surface area contributed by atoms with Gasteiger partial charge >= 0.3 is 0 Å². The molecule has 16 heavy (non-hydrogen) atoms. The number of aryl methyl sites for hydroxylation is 1. The molecule has 0 atom stereocenters. The highest BCUT2D eigenvalue weighted by molar-refractivity contribution is 7.99. The van der Waals surface area contributed by atoms with Crippen molar-refractivity contribution in [2.24, 2.45) is 0 Å². The fourth-order valence-electron chi connectivity index (χ4n) is 1.20. The monoisotopic (exact) mass is 234 g/mol. The minimum Gasteiger partial charge on any atom is -0.384 e. The maximum Gasteiger partial charge on any atom is 0.251 e. The second-order valence-electron chi connectivity index (χ2n) is 3.21. The maximum atomic E-state index is 11.2. The summed E-state index contributed by atoms with van der Waals surface area (Å²) in [5, 5.41) is 0.551. The lowest BCUT2D eigenvalue weighted by atomic mass is 10.5. The van der Waals surface area contributed by atoms with E-state index < -0.39 is 0 Å². The highest BCUT2D eigenvalue weighted by Gasteiger charge is 2.01. The molecule has 0 bridgehead atoms. The smallest absolute Gasteiger partial charge is 0.251 e. The van der Waals surface area contributed by atoms with E-state index in [0.717, 1.165) is 4.90 Å². The Morgan fingerprint density at radius 1 is 1.44 bits per heavy atom. The molecule has 6 heteroatoms. The summed E-state index contributed by atoms with van der Waals surface area (Å²) in [7, 11) is 0. The largest absolute Gasteiger partial charge is 0.384 e. The van der Waals surface area contributed by atoms with Gasteiger partial charge in [-0.15, -0.1) is 0 Å². The number of anilines is 1. The van der Waals surface area contributed by atoms with E-state index in [1.165, 1.54) is 17.8 Å². The average molecular weight is 234 g/mol. The van der Waals surface area contributed by atoms with E-state index >= 15 is 0 Å². The molecular weight excluding hydrogens is 224 g/mol. The Balaban J connectivity index is 2.30. The maximum absolute atomic E-state index is 11.2. The van der Waals surface area contributed by atoms with Gasteiger partial charge in [-0.1, -0.05) is 11.8 Å². The second-order valence-corrected chi connectivity index (χ2v) is 4.27. The first-order valence-electron chi connectivity index (χ1n) is 4.61. The fourth-order valence-corrected chi connectivity index (χ4v) is 2.08. The zero-order valence-corrected chi connectivity index (χ0v) is 9.41. The van der Waals surface area contributed by atoms with Crippen LogP contribution in [0.1, 0.15) is 5.69 Å². The van der Waals surface area contributed by atoms with Gasteiger partial charge < -0.3 is 10.7 Å². The highest BCUT2D eigenvalue weighted by atomic mass is 32.2. The van der Waals surface area contributed by atoms with Crippen LogP contribution in [0.15, 0.2) is 39.2 Å². The molecule has 0 fully saturated rings. The molecule has 2 rings (SSSR count). The molecule has 2 heterocycles. The Morgan fingerprint density at radius 2 is 2.25 bits per heavy atom. The normalized spacial score (nSPS) is 10.3. The van der Waals surface area contributed by atoms with Crippen LogP contribution in [0.5, 0.6) is 0 Å². The molecule has 5 nitrogen and oxygen atoms in total. The number of hydrogen-bond acceptors (Lipinski definition) is 5. The zero-order valence-electron chi connectivity index (χ0n) is 8.60. The molecule has 0 aromatic carbocycles. The number of hydrogen-bond donors (Lipinski definition) is 2. The molecule has 0 saturated heterocycles. The van der Waals surface area contributed by atoms with Crippen LogP contribution in [0.25, 0.3) is 0 Å². The van der Waals surface area contributed by atoms with E-state index in [4.69, 9.17) is 5.73 Å². The number of rotatable bonds is 2. The van der Waals surface area contributed by atoms with Crippen molar-refractivity contribution in [3.8, 4) is 0 Å². The molecule has 0 saturated carbocycles. The van der Waals surface area contributed by atoms with Crippen molar-refractivity contribution < 1.29 is 0 Å². The Morgan fingerprint density at radius 3 is 2.94 bits per heavy atom. The van der Waals surface area contributed by atoms with Crippen molar-refractivity contribution in [2.45, 2.75) is 17.0 Å². The van der Waals surface area contributed by atoms with Gasteiger partial charge in [-0.05, 0) is 19.1 Å². The van der Waals surface area contributed by atoms with Crippen LogP contribution >= 0.6 is 11.8 Å². The summed E-state index contributed by atoms with van der Waals surface area (Å²) in [6.07, 6.45) is 1.62. The Bertz CT molecular complexity index is 567. The van der Waals surface area contributed by atoms with E-state index in [9.17, 15) is 4.79 Å². The number of H-pyrrole nitrogens is 1. The third-order valence-electron chi connectivity index (χ3n) is 1.82. The summed E-state index contributed by atoms with van der Waals surface area (Å²) in [4.78, 5) is 22.9. The van der Waals surface area contributed by atoms with Crippen LogP contribution in [0.3, 0.4) is 0 Å². The number of nitrogens with one attached hydrogen (secondary N) is 1. The van der Waals surface area contributed by atoms with Crippen LogP contribution in [0, 0.1) is 6.92 Å². The number of aromatic amines is 1. The van der Waals surface area contributed by atoms with Gasteiger partial charge in [0.25, 0.3) is 5.56 Å². The lowest BCUT2D eigenvalue weighted by Gasteiger charge is -2.01. The van der Waals surface area contributed by atoms with E-state index in [2.05, 4.69) is 15.0 Å². The van der Waals surface area contributed by atoms with Gasteiger partial charge in [-0.2, -0.15) is 0 Å². The molecular formula is C10H10N4OS. The summed E-state index contributed by atoms with van der Waals surface area (Å²) >= 11 is 1.34. The van der Waals surface area contributed by atoms with Crippen molar-refractivity contribution in [1.82, 2.24) is 15.0 Å². The number of aromatic nitrogens is 3. The first-order valence-corrected chi connectivity index (χ1v) is 5.42. The van der Waals surface area contributed by atoms with Gasteiger partial charge in [0.1, 0.15) is 5.82 Å². The van der Waals surface area contributed by atoms with Crippen molar-refractivity contribution in [3.63, 3.8) is 0 Å². The minimum absolute atomic E-state index is 0.156. The van der Waals surface area contributed by atoms with Gasteiger partial charge in [0.15, 0.2) is 5.16 Å². The van der Waals surface area contributed by atoms with Crippen LogP contribution < -0.4 is 11.3 Å². The van der Waals surface area contributed by atoms with Gasteiger partial charge in [0, 0.05) is 22.9 Å². The number of nitrogens with two attached hydrogens (primary N) is 1. The first kappa shape index (κ1) is 10.7. The van der Waals surface area contributed by atoms with E-state index in [1.54, 1.807) is 19.2 Å². The van der Waals surface area contributed by atoms with Gasteiger partial charge in [-0.25, -0.2) is 9.97 Å². The average Bonchev–Trinajstić information content (AvgIpc) is 2.15. The molecule has 0 aliphatic heterocycles. The lowest BCUT2D eigenvalue weighted by Crippen LogP contribution is -2.07. The molecule has 0 spiro atoms. The van der Waals surface area contributed by atoms with E-state index in [0.29, 0.717) is 16.7 Å². The summed E-state index contributed by atoms with van der Waals surface area (Å²) in [6.45, 7) is 1.78. The summed E-state index contributed by atoms with van der Waals surface area (Å²) < 4.78 is 0. The zero-order chi connectivity index (χ0) is 11.5. The van der Waals surface area contributed by atoms with Crippen molar-refractivity contribution in [2.75, 3.05) is 5.73 Å². The standard InChI is InChI=1S/C10H10N4OS/c1-6-4-9(15)14-10(13-6)16-7-2-3-12-8(11)5-7/h2-5H,1H3,(H2,11,12)(H,13,14,15). The highest BCUT2D eigenvalue weighted by Crippen LogP contribution is 2.24. The first-order chi connectivity index (χ1) is 7.63. The molecule has 0 aliphatic rings.